The Hall–Kier alpha value is -1.26. The van der Waals surface area contributed by atoms with Crippen LogP contribution in [0.2, 0.25) is 0 Å². The third kappa shape index (κ3) is 2.50. The molecule has 0 fully saturated rings. The summed E-state index contributed by atoms with van der Waals surface area (Å²) in [4.78, 5) is 13.6. The standard InChI is InChI=1S/C16H13BrO2S/c1-9(16(18)19)10-2-4-14-11(6-10)7-12-8-13(17)3-5-15(12)20-14/h2-6,8-9H,7H2,1H3,(H,18,19). The van der Waals surface area contributed by atoms with Gasteiger partial charge in [0.2, 0.25) is 0 Å². The molecule has 3 rings (SSSR count). The third-order valence-electron chi connectivity index (χ3n) is 3.58. The molecular formula is C16H13BrO2S. The fourth-order valence-electron chi connectivity index (χ4n) is 2.36. The summed E-state index contributed by atoms with van der Waals surface area (Å²) in [6, 6.07) is 12.3. The van der Waals surface area contributed by atoms with E-state index in [-0.39, 0.29) is 0 Å². The molecule has 2 aromatic rings. The largest absolute Gasteiger partial charge is 0.481 e. The van der Waals surface area contributed by atoms with Crippen molar-refractivity contribution in [2.45, 2.75) is 29.1 Å². The highest BCUT2D eigenvalue weighted by atomic mass is 79.9. The van der Waals surface area contributed by atoms with Crippen molar-refractivity contribution in [2.75, 3.05) is 0 Å². The molecule has 0 aromatic heterocycles. The highest BCUT2D eigenvalue weighted by Crippen LogP contribution is 2.41. The second-order valence-corrected chi connectivity index (χ2v) is 6.96. The number of hydrogen-bond acceptors (Lipinski definition) is 2. The van der Waals surface area contributed by atoms with Gasteiger partial charge in [0.25, 0.3) is 0 Å². The van der Waals surface area contributed by atoms with Crippen LogP contribution in [-0.4, -0.2) is 11.1 Å². The Kier molecular flexibility index (Phi) is 3.61. The Morgan fingerprint density at radius 1 is 1.20 bits per heavy atom. The monoisotopic (exact) mass is 348 g/mol. The molecule has 102 valence electrons. The molecule has 1 unspecified atom stereocenters. The van der Waals surface area contributed by atoms with Gasteiger partial charge in [-0.3, -0.25) is 4.79 Å². The summed E-state index contributed by atoms with van der Waals surface area (Å²) in [5.41, 5.74) is 3.37. The maximum atomic E-state index is 11.1. The number of aliphatic carboxylic acids is 1. The molecule has 4 heteroatoms. The fourth-order valence-corrected chi connectivity index (χ4v) is 3.80. The SMILES string of the molecule is CC(C(=O)O)c1ccc2c(c1)Cc1cc(Br)ccc1S2. The first-order chi connectivity index (χ1) is 9.54. The van der Waals surface area contributed by atoms with Crippen LogP contribution in [0, 0.1) is 0 Å². The number of fused-ring (bicyclic) bond motifs is 2. The van der Waals surface area contributed by atoms with Gasteiger partial charge >= 0.3 is 5.97 Å². The molecule has 1 aliphatic heterocycles. The zero-order valence-electron chi connectivity index (χ0n) is 10.9. The zero-order valence-corrected chi connectivity index (χ0v) is 13.3. The summed E-state index contributed by atoms with van der Waals surface area (Å²) in [6.07, 6.45) is 0.858. The molecule has 1 heterocycles. The van der Waals surface area contributed by atoms with Crippen molar-refractivity contribution in [1.82, 2.24) is 0 Å². The average Bonchev–Trinajstić information content (AvgIpc) is 2.43. The number of hydrogen-bond donors (Lipinski definition) is 1. The third-order valence-corrected chi connectivity index (χ3v) is 5.31. The fraction of sp³-hybridized carbons (Fsp3) is 0.188. The van der Waals surface area contributed by atoms with Crippen LogP contribution in [0.3, 0.4) is 0 Å². The Morgan fingerprint density at radius 3 is 2.55 bits per heavy atom. The molecular weight excluding hydrogens is 336 g/mol. The van der Waals surface area contributed by atoms with E-state index >= 15 is 0 Å². The van der Waals surface area contributed by atoms with Gasteiger partial charge in [-0.25, -0.2) is 0 Å². The second-order valence-electron chi connectivity index (χ2n) is 4.96. The van der Waals surface area contributed by atoms with Gasteiger partial charge in [0.15, 0.2) is 0 Å². The molecule has 0 saturated heterocycles. The van der Waals surface area contributed by atoms with Crippen LogP contribution in [0.5, 0.6) is 0 Å². The van der Waals surface area contributed by atoms with Gasteiger partial charge < -0.3 is 5.11 Å². The average molecular weight is 349 g/mol. The van der Waals surface area contributed by atoms with Crippen LogP contribution in [0.1, 0.15) is 29.5 Å². The molecule has 1 N–H and O–H groups in total. The normalized spacial score (nSPS) is 14.3. The van der Waals surface area contributed by atoms with E-state index in [1.54, 1.807) is 18.7 Å². The van der Waals surface area contributed by atoms with Gasteiger partial charge in [-0.05, 0) is 54.3 Å². The molecule has 0 amide bonds. The summed E-state index contributed by atoms with van der Waals surface area (Å²) in [5.74, 6) is -1.24. The van der Waals surface area contributed by atoms with Gasteiger partial charge in [-0.2, -0.15) is 0 Å². The summed E-state index contributed by atoms with van der Waals surface area (Å²) in [7, 11) is 0. The summed E-state index contributed by atoms with van der Waals surface area (Å²) >= 11 is 5.25. The zero-order chi connectivity index (χ0) is 14.3. The molecule has 1 aliphatic rings. The lowest BCUT2D eigenvalue weighted by Gasteiger charge is -2.20. The van der Waals surface area contributed by atoms with Gasteiger partial charge in [-0.1, -0.05) is 39.8 Å². The van der Waals surface area contributed by atoms with Gasteiger partial charge in [0, 0.05) is 14.3 Å². The van der Waals surface area contributed by atoms with Crippen molar-refractivity contribution in [2.24, 2.45) is 0 Å². The molecule has 1 atom stereocenters. The van der Waals surface area contributed by atoms with Crippen LogP contribution >= 0.6 is 27.7 Å². The predicted octanol–water partition coefficient (Wildman–Crippen LogP) is 4.69. The number of carboxylic acid groups (broad SMARTS) is 1. The van der Waals surface area contributed by atoms with E-state index in [1.807, 2.05) is 18.2 Å². The van der Waals surface area contributed by atoms with Gasteiger partial charge in [0.05, 0.1) is 5.92 Å². The Balaban J connectivity index is 1.99. The number of carbonyl (C=O) groups is 1. The molecule has 0 radical (unpaired) electrons. The number of rotatable bonds is 2. The highest BCUT2D eigenvalue weighted by molar-refractivity contribution is 9.10. The molecule has 0 aliphatic carbocycles. The summed E-state index contributed by atoms with van der Waals surface area (Å²) < 4.78 is 1.08. The highest BCUT2D eigenvalue weighted by Gasteiger charge is 2.19. The predicted molar refractivity (Wildman–Crippen MR) is 83.6 cm³/mol. The molecule has 0 bridgehead atoms. The molecule has 2 nitrogen and oxygen atoms in total. The molecule has 20 heavy (non-hydrogen) atoms. The van der Waals surface area contributed by atoms with Crippen LogP contribution in [0.25, 0.3) is 0 Å². The van der Waals surface area contributed by atoms with E-state index in [4.69, 9.17) is 5.11 Å². The maximum absolute atomic E-state index is 11.1. The van der Waals surface area contributed by atoms with Crippen LogP contribution < -0.4 is 0 Å². The Labute approximate surface area is 130 Å². The van der Waals surface area contributed by atoms with Crippen molar-refractivity contribution in [3.63, 3.8) is 0 Å². The molecule has 0 spiro atoms. The van der Waals surface area contributed by atoms with E-state index in [2.05, 4.69) is 34.1 Å². The van der Waals surface area contributed by atoms with Crippen LogP contribution in [-0.2, 0) is 11.2 Å². The topological polar surface area (TPSA) is 37.3 Å². The first-order valence-corrected chi connectivity index (χ1v) is 7.97. The minimum absolute atomic E-state index is 0.464. The molecule has 0 saturated carbocycles. The minimum atomic E-state index is -0.781. The van der Waals surface area contributed by atoms with E-state index in [9.17, 15) is 4.79 Å². The molecule has 2 aromatic carbocycles. The van der Waals surface area contributed by atoms with Crippen molar-refractivity contribution >= 4 is 33.7 Å². The van der Waals surface area contributed by atoms with Gasteiger partial charge in [0.1, 0.15) is 0 Å². The Morgan fingerprint density at radius 2 is 1.85 bits per heavy atom. The lowest BCUT2D eigenvalue weighted by Crippen LogP contribution is -2.09. The number of halogens is 1. The van der Waals surface area contributed by atoms with Gasteiger partial charge in [-0.15, -0.1) is 0 Å². The maximum Gasteiger partial charge on any atom is 0.310 e. The number of carboxylic acids is 1. The number of benzene rings is 2. The van der Waals surface area contributed by atoms with E-state index in [1.165, 1.54) is 20.9 Å². The van der Waals surface area contributed by atoms with E-state index in [0.717, 1.165) is 16.5 Å². The van der Waals surface area contributed by atoms with Crippen molar-refractivity contribution in [1.29, 1.82) is 0 Å². The van der Waals surface area contributed by atoms with E-state index < -0.39 is 11.9 Å². The van der Waals surface area contributed by atoms with E-state index in [0.29, 0.717) is 0 Å². The van der Waals surface area contributed by atoms with Crippen molar-refractivity contribution in [3.8, 4) is 0 Å². The lowest BCUT2D eigenvalue weighted by molar-refractivity contribution is -0.138. The first-order valence-electron chi connectivity index (χ1n) is 6.36. The van der Waals surface area contributed by atoms with Crippen LogP contribution in [0.15, 0.2) is 50.7 Å². The smallest absolute Gasteiger partial charge is 0.310 e. The lowest BCUT2D eigenvalue weighted by atomic mass is 9.96. The Bertz CT molecular complexity index is 697. The van der Waals surface area contributed by atoms with Crippen LogP contribution in [0.4, 0.5) is 0 Å². The van der Waals surface area contributed by atoms with Crippen molar-refractivity contribution in [3.05, 3.63) is 57.6 Å². The van der Waals surface area contributed by atoms with Crippen molar-refractivity contribution < 1.29 is 9.90 Å². The minimum Gasteiger partial charge on any atom is -0.481 e. The summed E-state index contributed by atoms with van der Waals surface area (Å²) in [5, 5.41) is 9.12. The first kappa shape index (κ1) is 13.7. The quantitative estimate of drug-likeness (QED) is 0.729. The second kappa shape index (κ2) is 5.26. The summed E-state index contributed by atoms with van der Waals surface area (Å²) in [6.45, 7) is 1.73.